The maximum absolute atomic E-state index is 11.3. The van der Waals surface area contributed by atoms with Crippen LogP contribution in [0.5, 0.6) is 0 Å². The molecular weight excluding hydrogens is 238 g/mol. The summed E-state index contributed by atoms with van der Waals surface area (Å²) in [5.74, 6) is 0.116. The molecule has 1 saturated heterocycles. The molecule has 0 saturated carbocycles. The van der Waals surface area contributed by atoms with Gasteiger partial charge in [0.25, 0.3) is 0 Å². The molecule has 0 spiro atoms. The molecule has 2 N–H and O–H groups in total. The van der Waals surface area contributed by atoms with Crippen molar-refractivity contribution < 1.29 is 4.79 Å². The molecule has 1 aromatic rings. The molecule has 0 aromatic heterocycles. The van der Waals surface area contributed by atoms with Crippen molar-refractivity contribution in [2.75, 3.05) is 38.0 Å². The Balaban J connectivity index is 1.58. The van der Waals surface area contributed by atoms with Crippen molar-refractivity contribution >= 4 is 11.6 Å². The van der Waals surface area contributed by atoms with Crippen molar-refractivity contribution in [2.45, 2.75) is 19.3 Å². The summed E-state index contributed by atoms with van der Waals surface area (Å²) in [6.07, 6.45) is 2.85. The second kappa shape index (κ2) is 5.72. The molecule has 0 unspecified atom stereocenters. The molecule has 2 aliphatic heterocycles. The van der Waals surface area contributed by atoms with E-state index in [0.717, 1.165) is 43.9 Å². The molecule has 0 atom stereocenters. The van der Waals surface area contributed by atoms with E-state index in [1.807, 2.05) is 6.07 Å². The van der Waals surface area contributed by atoms with E-state index >= 15 is 0 Å². The van der Waals surface area contributed by atoms with Gasteiger partial charge in [-0.05, 0) is 43.1 Å². The molecule has 3 rings (SSSR count). The van der Waals surface area contributed by atoms with Crippen molar-refractivity contribution in [3.8, 4) is 0 Å². The smallest absolute Gasteiger partial charge is 0.228 e. The Hall–Kier alpha value is -1.39. The monoisotopic (exact) mass is 259 g/mol. The molecule has 2 heterocycles. The molecular formula is C15H21N3O. The van der Waals surface area contributed by atoms with Crippen LogP contribution in [0.3, 0.4) is 0 Å². The highest BCUT2D eigenvalue weighted by molar-refractivity contribution is 5.99. The molecule has 4 nitrogen and oxygen atoms in total. The minimum Gasteiger partial charge on any atom is -0.326 e. The number of amides is 1. The van der Waals surface area contributed by atoms with E-state index in [1.165, 1.54) is 18.5 Å². The first kappa shape index (κ1) is 12.6. The van der Waals surface area contributed by atoms with E-state index in [4.69, 9.17) is 0 Å². The van der Waals surface area contributed by atoms with Gasteiger partial charge in [-0.2, -0.15) is 0 Å². The number of fused-ring (bicyclic) bond motifs is 1. The summed E-state index contributed by atoms with van der Waals surface area (Å²) in [4.78, 5) is 13.9. The van der Waals surface area contributed by atoms with Gasteiger partial charge >= 0.3 is 0 Å². The standard InChI is InChI=1S/C15H21N3O/c19-15-11-13-10-12(2-3-14(13)17-15)4-8-18-7-1-5-16-6-9-18/h2-3,10,16H,1,4-9,11H2,(H,17,19). The molecule has 2 aliphatic rings. The third-order valence-corrected chi connectivity index (χ3v) is 3.94. The number of hydrogen-bond donors (Lipinski definition) is 2. The van der Waals surface area contributed by atoms with Crippen molar-refractivity contribution in [1.29, 1.82) is 0 Å². The van der Waals surface area contributed by atoms with Gasteiger partial charge in [0.05, 0.1) is 6.42 Å². The lowest BCUT2D eigenvalue weighted by atomic mass is 10.1. The van der Waals surface area contributed by atoms with Crippen LogP contribution < -0.4 is 10.6 Å². The highest BCUT2D eigenvalue weighted by Crippen LogP contribution is 2.24. The average molecular weight is 259 g/mol. The second-order valence-corrected chi connectivity index (χ2v) is 5.41. The number of hydrogen-bond acceptors (Lipinski definition) is 3. The quantitative estimate of drug-likeness (QED) is 0.852. The topological polar surface area (TPSA) is 44.4 Å². The molecule has 0 aliphatic carbocycles. The first-order valence-electron chi connectivity index (χ1n) is 7.16. The van der Waals surface area contributed by atoms with Crippen LogP contribution in [-0.4, -0.2) is 43.5 Å². The zero-order chi connectivity index (χ0) is 13.1. The van der Waals surface area contributed by atoms with Crippen LogP contribution in [0.15, 0.2) is 18.2 Å². The van der Waals surface area contributed by atoms with Crippen LogP contribution in [-0.2, 0) is 17.6 Å². The van der Waals surface area contributed by atoms with Gasteiger partial charge in [-0.3, -0.25) is 4.79 Å². The van der Waals surface area contributed by atoms with E-state index in [1.54, 1.807) is 0 Å². The van der Waals surface area contributed by atoms with Gasteiger partial charge < -0.3 is 15.5 Å². The number of rotatable bonds is 3. The van der Waals surface area contributed by atoms with Crippen LogP contribution >= 0.6 is 0 Å². The Morgan fingerprint density at radius 1 is 1.21 bits per heavy atom. The summed E-state index contributed by atoms with van der Waals surface area (Å²) in [6.45, 7) is 5.69. The van der Waals surface area contributed by atoms with Crippen molar-refractivity contribution in [3.63, 3.8) is 0 Å². The van der Waals surface area contributed by atoms with Crippen LogP contribution in [0, 0.1) is 0 Å². The largest absolute Gasteiger partial charge is 0.326 e. The SMILES string of the molecule is O=C1Cc2cc(CCN3CCCNCC3)ccc2N1. The van der Waals surface area contributed by atoms with E-state index in [2.05, 4.69) is 27.7 Å². The first-order valence-corrected chi connectivity index (χ1v) is 7.16. The van der Waals surface area contributed by atoms with E-state index in [9.17, 15) is 4.79 Å². The Morgan fingerprint density at radius 3 is 3.11 bits per heavy atom. The number of nitrogens with one attached hydrogen (secondary N) is 2. The zero-order valence-corrected chi connectivity index (χ0v) is 11.2. The van der Waals surface area contributed by atoms with Crippen molar-refractivity contribution in [2.24, 2.45) is 0 Å². The average Bonchev–Trinajstić information content (AvgIpc) is 2.62. The van der Waals surface area contributed by atoms with Crippen molar-refractivity contribution in [1.82, 2.24) is 10.2 Å². The van der Waals surface area contributed by atoms with Gasteiger partial charge in [0, 0.05) is 25.3 Å². The van der Waals surface area contributed by atoms with Gasteiger partial charge in [0.1, 0.15) is 0 Å². The molecule has 19 heavy (non-hydrogen) atoms. The van der Waals surface area contributed by atoms with Crippen LogP contribution in [0.25, 0.3) is 0 Å². The van der Waals surface area contributed by atoms with Gasteiger partial charge in [-0.1, -0.05) is 12.1 Å². The molecule has 1 amide bonds. The first-order chi connectivity index (χ1) is 9.31. The maximum atomic E-state index is 11.3. The predicted molar refractivity (Wildman–Crippen MR) is 76.4 cm³/mol. The molecule has 1 fully saturated rings. The number of carbonyl (C=O) groups is 1. The van der Waals surface area contributed by atoms with Crippen LogP contribution in [0.4, 0.5) is 5.69 Å². The number of anilines is 1. The maximum Gasteiger partial charge on any atom is 0.228 e. The van der Waals surface area contributed by atoms with Gasteiger partial charge in [-0.25, -0.2) is 0 Å². The van der Waals surface area contributed by atoms with Crippen LogP contribution in [0.2, 0.25) is 0 Å². The fourth-order valence-electron chi connectivity index (χ4n) is 2.85. The second-order valence-electron chi connectivity index (χ2n) is 5.41. The van der Waals surface area contributed by atoms with Gasteiger partial charge in [0.15, 0.2) is 0 Å². The van der Waals surface area contributed by atoms with Crippen LogP contribution in [0.1, 0.15) is 17.5 Å². The summed E-state index contributed by atoms with van der Waals surface area (Å²) >= 11 is 0. The number of benzene rings is 1. The molecule has 0 bridgehead atoms. The minimum absolute atomic E-state index is 0.116. The van der Waals surface area contributed by atoms with E-state index in [-0.39, 0.29) is 5.91 Å². The fourth-order valence-corrected chi connectivity index (χ4v) is 2.85. The summed E-state index contributed by atoms with van der Waals surface area (Å²) in [6, 6.07) is 6.36. The fraction of sp³-hybridized carbons (Fsp3) is 0.533. The Labute approximate surface area is 114 Å². The normalized spacial score (nSPS) is 19.9. The Kier molecular flexibility index (Phi) is 3.80. The predicted octanol–water partition coefficient (Wildman–Crippen LogP) is 1.02. The Morgan fingerprint density at radius 2 is 2.16 bits per heavy atom. The van der Waals surface area contributed by atoms with Gasteiger partial charge in [-0.15, -0.1) is 0 Å². The molecule has 102 valence electrons. The Bertz CT molecular complexity index is 464. The highest BCUT2D eigenvalue weighted by atomic mass is 16.1. The number of nitrogens with zero attached hydrogens (tertiary/aromatic N) is 1. The molecule has 1 aromatic carbocycles. The molecule has 0 radical (unpaired) electrons. The lowest BCUT2D eigenvalue weighted by molar-refractivity contribution is -0.115. The lowest BCUT2D eigenvalue weighted by Gasteiger charge is -2.19. The zero-order valence-electron chi connectivity index (χ0n) is 11.2. The van der Waals surface area contributed by atoms with Gasteiger partial charge in [0.2, 0.25) is 5.91 Å². The summed E-state index contributed by atoms with van der Waals surface area (Å²) in [5, 5.41) is 6.31. The van der Waals surface area contributed by atoms with E-state index in [0.29, 0.717) is 6.42 Å². The third kappa shape index (κ3) is 3.14. The minimum atomic E-state index is 0.116. The van der Waals surface area contributed by atoms with Crippen molar-refractivity contribution in [3.05, 3.63) is 29.3 Å². The third-order valence-electron chi connectivity index (χ3n) is 3.94. The van der Waals surface area contributed by atoms with E-state index < -0.39 is 0 Å². The molecule has 4 heteroatoms. The number of carbonyl (C=O) groups excluding carboxylic acids is 1. The summed E-state index contributed by atoms with van der Waals surface area (Å²) in [7, 11) is 0. The summed E-state index contributed by atoms with van der Waals surface area (Å²) in [5.41, 5.74) is 3.49. The summed E-state index contributed by atoms with van der Waals surface area (Å²) < 4.78 is 0. The highest BCUT2D eigenvalue weighted by Gasteiger charge is 2.17. The lowest BCUT2D eigenvalue weighted by Crippen LogP contribution is -2.30.